The van der Waals surface area contributed by atoms with Crippen molar-refractivity contribution in [2.45, 2.75) is 31.1 Å². The quantitative estimate of drug-likeness (QED) is 0.492. The summed E-state index contributed by atoms with van der Waals surface area (Å²) in [5.74, 6) is 0. The maximum absolute atomic E-state index is 4.12. The number of hydrogen-bond donors (Lipinski definition) is 2. The number of piperidine rings is 1. The molecule has 10 heavy (non-hydrogen) atoms. The summed E-state index contributed by atoms with van der Waals surface area (Å²) in [5.41, 5.74) is 0. The molecule has 0 saturated carbocycles. The fraction of sp³-hybridized carbons (Fsp3) is 1.00. The second kappa shape index (κ2) is 4.59. The van der Waals surface area contributed by atoms with Crippen LogP contribution in [0.5, 0.6) is 0 Å². The standard InChI is InChI=1S/C6H13NS3/c1-5-6(9-10-8)3-2-4-7-5/h5-8H,2-4H2,1H3. The van der Waals surface area contributed by atoms with Gasteiger partial charge in [-0.05, 0) is 26.3 Å². The van der Waals surface area contributed by atoms with Gasteiger partial charge in [-0.2, -0.15) is 0 Å². The van der Waals surface area contributed by atoms with Gasteiger partial charge in [0.25, 0.3) is 0 Å². The van der Waals surface area contributed by atoms with Crippen molar-refractivity contribution >= 4 is 30.9 Å². The van der Waals surface area contributed by atoms with Gasteiger partial charge in [0.1, 0.15) is 0 Å². The molecule has 0 radical (unpaired) electrons. The predicted octanol–water partition coefficient (Wildman–Crippen LogP) is 2.35. The van der Waals surface area contributed by atoms with E-state index in [0.29, 0.717) is 6.04 Å². The Morgan fingerprint density at radius 2 is 2.40 bits per heavy atom. The molecule has 0 aliphatic carbocycles. The second-order valence-electron chi connectivity index (χ2n) is 2.59. The van der Waals surface area contributed by atoms with Crippen LogP contribution in [0.2, 0.25) is 0 Å². The van der Waals surface area contributed by atoms with Crippen LogP contribution in [0, 0.1) is 0 Å². The molecule has 60 valence electrons. The molecule has 1 rings (SSSR count). The van der Waals surface area contributed by atoms with Crippen molar-refractivity contribution in [3.8, 4) is 0 Å². The van der Waals surface area contributed by atoms with Gasteiger partial charge in [-0.15, -0.1) is 11.0 Å². The molecule has 0 aromatic carbocycles. The molecule has 1 heterocycles. The van der Waals surface area contributed by atoms with E-state index in [4.69, 9.17) is 0 Å². The van der Waals surface area contributed by atoms with Gasteiger partial charge in [0.05, 0.1) is 0 Å². The molecular weight excluding hydrogens is 182 g/mol. The molecule has 1 aliphatic rings. The molecule has 0 amide bonds. The monoisotopic (exact) mass is 195 g/mol. The van der Waals surface area contributed by atoms with Crippen LogP contribution in [0.15, 0.2) is 0 Å². The van der Waals surface area contributed by atoms with Crippen LogP contribution < -0.4 is 5.32 Å². The summed E-state index contributed by atoms with van der Waals surface area (Å²) in [6.45, 7) is 3.44. The smallest absolute Gasteiger partial charge is 0.0345 e. The first-order chi connectivity index (χ1) is 4.84. The zero-order valence-corrected chi connectivity index (χ0v) is 8.57. The molecule has 1 aliphatic heterocycles. The van der Waals surface area contributed by atoms with Gasteiger partial charge in [-0.3, -0.25) is 0 Å². The summed E-state index contributed by atoms with van der Waals surface area (Å²) in [6.07, 6.45) is 2.66. The van der Waals surface area contributed by atoms with Gasteiger partial charge in [-0.1, -0.05) is 19.9 Å². The average Bonchev–Trinajstić information content (AvgIpc) is 1.94. The zero-order valence-electron chi connectivity index (χ0n) is 6.04. The van der Waals surface area contributed by atoms with Crippen molar-refractivity contribution in [3.05, 3.63) is 0 Å². The maximum atomic E-state index is 4.12. The van der Waals surface area contributed by atoms with E-state index >= 15 is 0 Å². The van der Waals surface area contributed by atoms with Crippen LogP contribution >= 0.6 is 30.9 Å². The topological polar surface area (TPSA) is 12.0 Å². The van der Waals surface area contributed by atoms with Crippen molar-refractivity contribution in [1.82, 2.24) is 5.32 Å². The first-order valence-electron chi connectivity index (χ1n) is 3.55. The summed E-state index contributed by atoms with van der Waals surface area (Å²) in [7, 11) is 7.58. The summed E-state index contributed by atoms with van der Waals surface area (Å²) < 4.78 is 0. The minimum absolute atomic E-state index is 0.665. The Labute approximate surface area is 73.9 Å². The van der Waals surface area contributed by atoms with E-state index in [0.717, 1.165) is 5.25 Å². The number of nitrogens with one attached hydrogen (secondary N) is 1. The fourth-order valence-corrected chi connectivity index (χ4v) is 3.95. The highest BCUT2D eigenvalue weighted by molar-refractivity contribution is 8.82. The Bertz CT molecular complexity index is 142. The lowest BCUT2D eigenvalue weighted by molar-refractivity contribution is 0.438. The molecule has 2 unspecified atom stereocenters. The minimum atomic E-state index is 0.665. The molecule has 0 aromatic heterocycles. The van der Waals surface area contributed by atoms with Crippen LogP contribution in [-0.2, 0) is 0 Å². The summed E-state index contributed by atoms with van der Waals surface area (Å²) in [4.78, 5) is 0. The van der Waals surface area contributed by atoms with Gasteiger partial charge in [0.2, 0.25) is 0 Å². The van der Waals surface area contributed by atoms with E-state index in [1.54, 1.807) is 9.13 Å². The van der Waals surface area contributed by atoms with Crippen molar-refractivity contribution in [3.63, 3.8) is 0 Å². The van der Waals surface area contributed by atoms with Crippen LogP contribution in [-0.4, -0.2) is 17.8 Å². The normalized spacial score (nSPS) is 33.7. The Hall–Kier alpha value is 0.750. The lowest BCUT2D eigenvalue weighted by atomic mass is 10.1. The summed E-state index contributed by atoms with van der Waals surface area (Å²) >= 11 is 0. The Morgan fingerprint density at radius 1 is 1.60 bits per heavy atom. The number of thiol groups is 1. The predicted molar refractivity (Wildman–Crippen MR) is 54.7 cm³/mol. The molecule has 0 aromatic rings. The van der Waals surface area contributed by atoms with E-state index in [1.165, 1.54) is 19.4 Å². The van der Waals surface area contributed by atoms with Gasteiger partial charge >= 0.3 is 0 Å². The largest absolute Gasteiger partial charge is 0.313 e. The Balaban J connectivity index is 2.34. The van der Waals surface area contributed by atoms with Crippen LogP contribution in [0.3, 0.4) is 0 Å². The van der Waals surface area contributed by atoms with Crippen molar-refractivity contribution in [2.75, 3.05) is 6.54 Å². The third-order valence-electron chi connectivity index (χ3n) is 1.86. The maximum Gasteiger partial charge on any atom is 0.0345 e. The Kier molecular flexibility index (Phi) is 4.06. The van der Waals surface area contributed by atoms with Gasteiger partial charge in [0, 0.05) is 11.3 Å². The van der Waals surface area contributed by atoms with Gasteiger partial charge in [0.15, 0.2) is 0 Å². The SMILES string of the molecule is CC1NCCCC1SS#[SH]. The minimum Gasteiger partial charge on any atom is -0.313 e. The summed E-state index contributed by atoms with van der Waals surface area (Å²) in [5, 5.41) is 4.21. The van der Waals surface area contributed by atoms with Crippen molar-refractivity contribution in [1.29, 1.82) is 0 Å². The lowest BCUT2D eigenvalue weighted by Gasteiger charge is -2.27. The van der Waals surface area contributed by atoms with Gasteiger partial charge in [-0.25, -0.2) is 0 Å². The van der Waals surface area contributed by atoms with Crippen LogP contribution in [0.1, 0.15) is 19.8 Å². The second-order valence-corrected chi connectivity index (χ2v) is 5.91. The van der Waals surface area contributed by atoms with Gasteiger partial charge < -0.3 is 5.32 Å². The van der Waals surface area contributed by atoms with E-state index in [2.05, 4.69) is 23.2 Å². The van der Waals surface area contributed by atoms with Crippen molar-refractivity contribution in [2.24, 2.45) is 0 Å². The third kappa shape index (κ3) is 2.42. The highest BCUT2D eigenvalue weighted by atomic mass is 33.2. The van der Waals surface area contributed by atoms with Crippen LogP contribution in [0.25, 0.3) is 0 Å². The number of rotatable bonds is 1. The van der Waals surface area contributed by atoms with E-state index < -0.39 is 0 Å². The van der Waals surface area contributed by atoms with E-state index in [9.17, 15) is 0 Å². The third-order valence-corrected chi connectivity index (χ3v) is 4.61. The van der Waals surface area contributed by atoms with Crippen LogP contribution in [0.4, 0.5) is 0 Å². The highest BCUT2D eigenvalue weighted by Gasteiger charge is 2.20. The molecule has 1 N–H and O–H groups in total. The first-order valence-corrected chi connectivity index (χ1v) is 6.81. The fourth-order valence-electron chi connectivity index (χ4n) is 1.20. The molecule has 1 fully saturated rings. The van der Waals surface area contributed by atoms with E-state index in [-0.39, 0.29) is 0 Å². The van der Waals surface area contributed by atoms with Crippen molar-refractivity contribution < 1.29 is 0 Å². The molecule has 1 saturated heterocycles. The Morgan fingerprint density at radius 3 is 3.00 bits per heavy atom. The average molecular weight is 195 g/mol. The zero-order chi connectivity index (χ0) is 7.40. The number of hydrogen-bond acceptors (Lipinski definition) is 2. The van der Waals surface area contributed by atoms with E-state index in [1.807, 2.05) is 10.8 Å². The molecule has 1 nitrogen and oxygen atoms in total. The molecular formula is C6H13NS3. The summed E-state index contributed by atoms with van der Waals surface area (Å²) in [6, 6.07) is 0.665. The molecule has 2 atom stereocenters. The first kappa shape index (κ1) is 8.84. The highest BCUT2D eigenvalue weighted by Crippen LogP contribution is 2.27. The molecule has 0 bridgehead atoms. The lowest BCUT2D eigenvalue weighted by Crippen LogP contribution is -2.40. The molecule has 4 heteroatoms. The molecule has 0 spiro atoms.